The van der Waals surface area contributed by atoms with E-state index in [9.17, 15) is 5.11 Å². The number of rotatable bonds is 3. The number of aliphatic hydroxyl groups is 1. The molecule has 1 N–H and O–H groups in total. The van der Waals surface area contributed by atoms with E-state index >= 15 is 0 Å². The molecule has 0 aromatic carbocycles. The van der Waals surface area contributed by atoms with Crippen molar-refractivity contribution in [3.8, 4) is 0 Å². The molecule has 4 atom stereocenters. The fourth-order valence-corrected chi connectivity index (χ4v) is 4.28. The van der Waals surface area contributed by atoms with E-state index in [0.717, 1.165) is 5.75 Å². The molecule has 0 radical (unpaired) electrons. The first kappa shape index (κ1) is 11.7. The molecule has 0 aliphatic carbocycles. The second-order valence-corrected chi connectivity index (χ2v) is 6.47. The second kappa shape index (κ2) is 5.49. The minimum atomic E-state index is -0.308. The van der Waals surface area contributed by atoms with Crippen molar-refractivity contribution >= 4 is 23.5 Å². The number of aliphatic hydroxyl groups excluding tert-OH is 1. The molecule has 4 unspecified atom stereocenters. The van der Waals surface area contributed by atoms with Crippen molar-refractivity contribution in [2.24, 2.45) is 0 Å². The molecular formula is C9H18O2S2. The number of ether oxygens (including phenoxy) is 1. The van der Waals surface area contributed by atoms with Gasteiger partial charge < -0.3 is 9.84 Å². The molecule has 0 saturated carbocycles. The van der Waals surface area contributed by atoms with Crippen LogP contribution in [0, 0.1) is 0 Å². The van der Waals surface area contributed by atoms with E-state index in [1.807, 2.05) is 23.5 Å². The van der Waals surface area contributed by atoms with Gasteiger partial charge in [-0.05, 0) is 0 Å². The summed E-state index contributed by atoms with van der Waals surface area (Å²) >= 11 is 3.84. The molecule has 1 rings (SSSR count). The zero-order valence-electron chi connectivity index (χ0n) is 8.40. The van der Waals surface area contributed by atoms with E-state index in [0.29, 0.717) is 22.4 Å². The van der Waals surface area contributed by atoms with Gasteiger partial charge in [0.05, 0.1) is 12.7 Å². The van der Waals surface area contributed by atoms with Gasteiger partial charge in [-0.1, -0.05) is 13.8 Å². The third-order valence-corrected chi connectivity index (χ3v) is 5.88. The lowest BCUT2D eigenvalue weighted by Crippen LogP contribution is -2.36. The SMILES string of the molecule is COCC(O)C1CSC(C)C(C)S1. The van der Waals surface area contributed by atoms with Gasteiger partial charge in [-0.25, -0.2) is 0 Å². The van der Waals surface area contributed by atoms with Crippen LogP contribution in [0.1, 0.15) is 13.8 Å². The van der Waals surface area contributed by atoms with E-state index in [4.69, 9.17) is 4.74 Å². The highest BCUT2D eigenvalue weighted by Gasteiger charge is 2.30. The summed E-state index contributed by atoms with van der Waals surface area (Å²) in [6, 6.07) is 0. The molecule has 2 nitrogen and oxygen atoms in total. The molecule has 0 aromatic heterocycles. The van der Waals surface area contributed by atoms with Crippen molar-refractivity contribution in [2.45, 2.75) is 35.7 Å². The Morgan fingerprint density at radius 1 is 1.46 bits per heavy atom. The normalized spacial score (nSPS) is 37.4. The first-order valence-corrected chi connectivity index (χ1v) is 6.58. The quantitative estimate of drug-likeness (QED) is 0.786. The first-order chi connectivity index (χ1) is 6.15. The molecule has 1 fully saturated rings. The molecular weight excluding hydrogens is 204 g/mol. The Bertz CT molecular complexity index is 155. The molecule has 0 bridgehead atoms. The molecule has 0 aromatic rings. The van der Waals surface area contributed by atoms with Crippen molar-refractivity contribution in [2.75, 3.05) is 19.5 Å². The average Bonchev–Trinajstić information content (AvgIpc) is 2.10. The predicted molar refractivity (Wildman–Crippen MR) is 60.6 cm³/mol. The number of hydrogen-bond donors (Lipinski definition) is 1. The maximum absolute atomic E-state index is 9.72. The van der Waals surface area contributed by atoms with Crippen LogP contribution in [0.15, 0.2) is 0 Å². The summed E-state index contributed by atoms with van der Waals surface area (Å²) < 4.78 is 4.95. The minimum absolute atomic E-state index is 0.308. The summed E-state index contributed by atoms with van der Waals surface area (Å²) in [7, 11) is 1.63. The van der Waals surface area contributed by atoms with Crippen LogP contribution in [0.25, 0.3) is 0 Å². The minimum Gasteiger partial charge on any atom is -0.390 e. The molecule has 1 saturated heterocycles. The van der Waals surface area contributed by atoms with Crippen LogP contribution >= 0.6 is 23.5 Å². The molecule has 1 aliphatic heterocycles. The van der Waals surface area contributed by atoms with Crippen LogP contribution in [0.4, 0.5) is 0 Å². The van der Waals surface area contributed by atoms with E-state index < -0.39 is 0 Å². The second-order valence-electron chi connectivity index (χ2n) is 3.44. The van der Waals surface area contributed by atoms with Crippen LogP contribution in [0.2, 0.25) is 0 Å². The Morgan fingerprint density at radius 3 is 2.69 bits per heavy atom. The number of thioether (sulfide) groups is 2. The Hall–Kier alpha value is 0.620. The number of methoxy groups -OCH3 is 1. The van der Waals surface area contributed by atoms with Crippen LogP contribution in [0.5, 0.6) is 0 Å². The van der Waals surface area contributed by atoms with Gasteiger partial charge in [-0.2, -0.15) is 23.5 Å². The molecule has 0 spiro atoms. The molecule has 1 heterocycles. The highest BCUT2D eigenvalue weighted by atomic mass is 32.2. The van der Waals surface area contributed by atoms with Gasteiger partial charge in [-0.15, -0.1) is 0 Å². The lowest BCUT2D eigenvalue weighted by molar-refractivity contribution is 0.0664. The Kier molecular flexibility index (Phi) is 4.94. The fraction of sp³-hybridized carbons (Fsp3) is 1.00. The lowest BCUT2D eigenvalue weighted by Gasteiger charge is -2.33. The smallest absolute Gasteiger partial charge is 0.0899 e. The van der Waals surface area contributed by atoms with Gasteiger partial charge in [0.1, 0.15) is 0 Å². The van der Waals surface area contributed by atoms with Crippen LogP contribution in [-0.2, 0) is 4.74 Å². The predicted octanol–water partition coefficient (Wildman–Crippen LogP) is 1.62. The Morgan fingerprint density at radius 2 is 2.15 bits per heavy atom. The number of hydrogen-bond acceptors (Lipinski definition) is 4. The van der Waals surface area contributed by atoms with Crippen molar-refractivity contribution in [3.05, 3.63) is 0 Å². The summed E-state index contributed by atoms with van der Waals surface area (Å²) in [4.78, 5) is 0. The molecule has 4 heteroatoms. The van der Waals surface area contributed by atoms with Crippen molar-refractivity contribution in [1.82, 2.24) is 0 Å². The monoisotopic (exact) mass is 222 g/mol. The Labute approximate surface area is 88.8 Å². The van der Waals surface area contributed by atoms with E-state index in [1.54, 1.807) is 7.11 Å². The van der Waals surface area contributed by atoms with Crippen LogP contribution < -0.4 is 0 Å². The standard InChI is InChI=1S/C9H18O2S2/c1-6-7(2)13-9(5-12-6)8(10)4-11-3/h6-10H,4-5H2,1-3H3. The Balaban J connectivity index is 2.36. The zero-order valence-corrected chi connectivity index (χ0v) is 10.0. The van der Waals surface area contributed by atoms with Crippen molar-refractivity contribution < 1.29 is 9.84 Å². The first-order valence-electron chi connectivity index (χ1n) is 4.59. The molecule has 1 aliphatic rings. The average molecular weight is 222 g/mol. The zero-order chi connectivity index (χ0) is 9.84. The largest absolute Gasteiger partial charge is 0.390 e. The van der Waals surface area contributed by atoms with Crippen molar-refractivity contribution in [1.29, 1.82) is 0 Å². The van der Waals surface area contributed by atoms with E-state index in [-0.39, 0.29) is 6.10 Å². The highest BCUT2D eigenvalue weighted by molar-refractivity contribution is 8.07. The van der Waals surface area contributed by atoms with Gasteiger partial charge in [0, 0.05) is 28.6 Å². The topological polar surface area (TPSA) is 29.5 Å². The maximum Gasteiger partial charge on any atom is 0.0899 e. The molecule has 78 valence electrons. The summed E-state index contributed by atoms with van der Waals surface area (Å²) in [6.45, 7) is 4.94. The third kappa shape index (κ3) is 3.35. The fourth-order valence-electron chi connectivity index (χ4n) is 1.29. The summed E-state index contributed by atoms with van der Waals surface area (Å²) in [5.74, 6) is 1.04. The lowest BCUT2D eigenvalue weighted by atomic mass is 10.3. The third-order valence-electron chi connectivity index (χ3n) is 2.34. The van der Waals surface area contributed by atoms with Crippen LogP contribution in [-0.4, -0.2) is 46.4 Å². The van der Waals surface area contributed by atoms with Gasteiger partial charge in [0.2, 0.25) is 0 Å². The van der Waals surface area contributed by atoms with Gasteiger partial charge in [0.25, 0.3) is 0 Å². The van der Waals surface area contributed by atoms with E-state index in [1.165, 1.54) is 0 Å². The molecule has 13 heavy (non-hydrogen) atoms. The van der Waals surface area contributed by atoms with Crippen LogP contribution in [0.3, 0.4) is 0 Å². The highest BCUT2D eigenvalue weighted by Crippen LogP contribution is 2.36. The van der Waals surface area contributed by atoms with Gasteiger partial charge in [-0.3, -0.25) is 0 Å². The molecule has 0 amide bonds. The maximum atomic E-state index is 9.72. The van der Waals surface area contributed by atoms with E-state index in [2.05, 4.69) is 13.8 Å². The van der Waals surface area contributed by atoms with Gasteiger partial charge >= 0.3 is 0 Å². The summed E-state index contributed by atoms with van der Waals surface area (Å²) in [5.41, 5.74) is 0. The van der Waals surface area contributed by atoms with Gasteiger partial charge in [0.15, 0.2) is 0 Å². The van der Waals surface area contributed by atoms with Crippen molar-refractivity contribution in [3.63, 3.8) is 0 Å². The summed E-state index contributed by atoms with van der Waals surface area (Å²) in [5, 5.41) is 11.4. The summed E-state index contributed by atoms with van der Waals surface area (Å²) in [6.07, 6.45) is -0.308.